The normalized spacial score (nSPS) is 30.3. The van der Waals surface area contributed by atoms with Gasteiger partial charge in [-0.2, -0.15) is 0 Å². The average Bonchev–Trinajstić information content (AvgIpc) is 2.86. The second kappa shape index (κ2) is 5.17. The first-order valence-corrected chi connectivity index (χ1v) is 7.43. The molecule has 1 aliphatic carbocycles. The highest BCUT2D eigenvalue weighted by atomic mass is 16.5. The molecular formula is C15H23N3O. The highest BCUT2D eigenvalue weighted by Crippen LogP contribution is 2.41. The Hall–Kier alpha value is -1.00. The van der Waals surface area contributed by atoms with Crippen molar-refractivity contribution in [3.8, 4) is 0 Å². The molecule has 0 amide bonds. The van der Waals surface area contributed by atoms with E-state index in [9.17, 15) is 0 Å². The Morgan fingerprint density at radius 2 is 2.37 bits per heavy atom. The minimum absolute atomic E-state index is 0.246. The van der Waals surface area contributed by atoms with E-state index < -0.39 is 0 Å². The van der Waals surface area contributed by atoms with Crippen LogP contribution in [0.1, 0.15) is 56.6 Å². The fraction of sp³-hybridized carbons (Fsp3) is 0.733. The molecule has 1 aromatic heterocycles. The Morgan fingerprint density at radius 1 is 1.47 bits per heavy atom. The minimum atomic E-state index is -0.246. The zero-order valence-electron chi connectivity index (χ0n) is 11.9. The first-order valence-electron chi connectivity index (χ1n) is 7.43. The average molecular weight is 261 g/mol. The van der Waals surface area contributed by atoms with Gasteiger partial charge in [0.1, 0.15) is 5.60 Å². The van der Waals surface area contributed by atoms with Gasteiger partial charge in [0.2, 0.25) is 0 Å². The summed E-state index contributed by atoms with van der Waals surface area (Å²) in [5.74, 6) is 1.60. The van der Waals surface area contributed by atoms with Crippen LogP contribution in [0.4, 0.5) is 0 Å². The number of nitrogens with one attached hydrogen (secondary N) is 1. The van der Waals surface area contributed by atoms with Crippen LogP contribution in [0, 0.1) is 5.92 Å². The number of hydrogen-bond acceptors (Lipinski definition) is 4. The molecule has 4 heteroatoms. The molecule has 1 fully saturated rings. The summed E-state index contributed by atoms with van der Waals surface area (Å²) in [5, 5.41) is 3.33. The van der Waals surface area contributed by atoms with Crippen molar-refractivity contribution in [2.75, 3.05) is 6.61 Å². The second-order valence-corrected chi connectivity index (χ2v) is 5.90. The van der Waals surface area contributed by atoms with E-state index in [4.69, 9.17) is 9.72 Å². The Morgan fingerprint density at radius 3 is 3.16 bits per heavy atom. The summed E-state index contributed by atoms with van der Waals surface area (Å²) in [6.45, 7) is 6.86. The first kappa shape index (κ1) is 13.0. The van der Waals surface area contributed by atoms with Gasteiger partial charge in [-0.15, -0.1) is 0 Å². The summed E-state index contributed by atoms with van der Waals surface area (Å²) < 4.78 is 6.14. The lowest BCUT2D eigenvalue weighted by Gasteiger charge is -2.38. The molecule has 0 spiro atoms. The number of aromatic nitrogens is 2. The van der Waals surface area contributed by atoms with Crippen molar-refractivity contribution in [2.45, 2.75) is 58.2 Å². The Kier molecular flexibility index (Phi) is 3.54. The smallest absolute Gasteiger partial charge is 0.160 e. The van der Waals surface area contributed by atoms with E-state index >= 15 is 0 Å². The van der Waals surface area contributed by atoms with Gasteiger partial charge in [-0.1, -0.05) is 13.3 Å². The fourth-order valence-electron chi connectivity index (χ4n) is 3.46. The molecule has 2 atom stereocenters. The number of hydrogen-bond donors (Lipinski definition) is 1. The zero-order chi connectivity index (χ0) is 13.3. The molecular weight excluding hydrogens is 238 g/mol. The Labute approximate surface area is 115 Å². The van der Waals surface area contributed by atoms with Crippen LogP contribution in [0.15, 0.2) is 6.20 Å². The first-order chi connectivity index (χ1) is 9.23. The van der Waals surface area contributed by atoms with Gasteiger partial charge in [0.05, 0.1) is 5.69 Å². The highest BCUT2D eigenvalue weighted by Gasteiger charge is 2.40. The number of nitrogens with zero attached hydrogens (tertiary/aromatic N) is 2. The van der Waals surface area contributed by atoms with Crippen LogP contribution in [-0.4, -0.2) is 16.6 Å². The van der Waals surface area contributed by atoms with Gasteiger partial charge in [-0.05, 0) is 32.1 Å². The van der Waals surface area contributed by atoms with Crippen molar-refractivity contribution in [1.82, 2.24) is 15.3 Å². The maximum atomic E-state index is 6.14. The van der Waals surface area contributed by atoms with E-state index in [1.807, 2.05) is 6.20 Å². The summed E-state index contributed by atoms with van der Waals surface area (Å²) >= 11 is 0. The molecule has 0 radical (unpaired) electrons. The minimum Gasteiger partial charge on any atom is -0.367 e. The van der Waals surface area contributed by atoms with E-state index in [1.54, 1.807) is 0 Å². The lowest BCUT2D eigenvalue weighted by molar-refractivity contribution is -0.0882. The van der Waals surface area contributed by atoms with Gasteiger partial charge in [0.15, 0.2) is 5.82 Å². The van der Waals surface area contributed by atoms with E-state index in [-0.39, 0.29) is 5.60 Å². The Bertz CT molecular complexity index is 459. The summed E-state index contributed by atoms with van der Waals surface area (Å²) in [7, 11) is 0. The summed E-state index contributed by atoms with van der Waals surface area (Å²) in [6, 6.07) is 0. The third kappa shape index (κ3) is 2.39. The van der Waals surface area contributed by atoms with Crippen LogP contribution in [0.25, 0.3) is 0 Å². The molecule has 0 saturated heterocycles. The van der Waals surface area contributed by atoms with E-state index in [1.165, 1.54) is 18.4 Å². The summed E-state index contributed by atoms with van der Waals surface area (Å²) in [4.78, 5) is 9.43. The topological polar surface area (TPSA) is 47.0 Å². The second-order valence-electron chi connectivity index (χ2n) is 5.90. The summed E-state index contributed by atoms with van der Waals surface area (Å²) in [6.07, 6.45) is 6.59. The van der Waals surface area contributed by atoms with Crippen molar-refractivity contribution in [1.29, 1.82) is 0 Å². The predicted octanol–water partition coefficient (Wildman–Crippen LogP) is 2.52. The third-order valence-electron chi connectivity index (χ3n) is 4.35. The van der Waals surface area contributed by atoms with Crippen molar-refractivity contribution in [2.24, 2.45) is 5.92 Å². The molecule has 0 aromatic carbocycles. The van der Waals surface area contributed by atoms with Gasteiger partial charge in [0.25, 0.3) is 0 Å². The van der Waals surface area contributed by atoms with Crippen LogP contribution in [0.3, 0.4) is 0 Å². The standard InChI is InChI=1S/C15H23N3O/c1-3-19-15(6-4-5-11(2)7-15)14-17-9-12-8-16-10-13(12)18-14/h9,11,16H,3-8,10H2,1-2H3. The Balaban J connectivity index is 1.95. The molecule has 104 valence electrons. The number of ether oxygens (including phenoxy) is 1. The SMILES string of the molecule is CCOC1(c2ncc3c(n2)CNC3)CCCC(C)C1. The molecule has 2 aliphatic rings. The predicted molar refractivity (Wildman–Crippen MR) is 73.5 cm³/mol. The largest absolute Gasteiger partial charge is 0.367 e. The van der Waals surface area contributed by atoms with Gasteiger partial charge in [-0.3, -0.25) is 0 Å². The lowest BCUT2D eigenvalue weighted by Crippen LogP contribution is -2.37. The molecule has 0 bridgehead atoms. The molecule has 3 rings (SSSR count). The van der Waals surface area contributed by atoms with Crippen molar-refractivity contribution < 1.29 is 4.74 Å². The zero-order valence-corrected chi connectivity index (χ0v) is 11.9. The van der Waals surface area contributed by atoms with Crippen LogP contribution >= 0.6 is 0 Å². The van der Waals surface area contributed by atoms with Gasteiger partial charge >= 0.3 is 0 Å². The van der Waals surface area contributed by atoms with Gasteiger partial charge in [0, 0.05) is 31.5 Å². The van der Waals surface area contributed by atoms with Crippen molar-refractivity contribution in [3.63, 3.8) is 0 Å². The molecule has 2 heterocycles. The van der Waals surface area contributed by atoms with E-state index in [2.05, 4.69) is 24.1 Å². The lowest BCUT2D eigenvalue weighted by atomic mass is 9.78. The van der Waals surface area contributed by atoms with E-state index in [0.29, 0.717) is 5.92 Å². The molecule has 1 saturated carbocycles. The monoisotopic (exact) mass is 261 g/mol. The quantitative estimate of drug-likeness (QED) is 0.908. The molecule has 1 aromatic rings. The molecule has 1 aliphatic heterocycles. The molecule has 2 unspecified atom stereocenters. The van der Waals surface area contributed by atoms with Crippen molar-refractivity contribution >= 4 is 0 Å². The molecule has 1 N–H and O–H groups in total. The van der Waals surface area contributed by atoms with Crippen LogP contribution in [-0.2, 0) is 23.4 Å². The fourth-order valence-corrected chi connectivity index (χ4v) is 3.46. The van der Waals surface area contributed by atoms with Crippen molar-refractivity contribution in [3.05, 3.63) is 23.3 Å². The molecule has 19 heavy (non-hydrogen) atoms. The van der Waals surface area contributed by atoms with Crippen LogP contribution < -0.4 is 5.32 Å². The summed E-state index contributed by atoms with van der Waals surface area (Å²) in [5.41, 5.74) is 2.14. The number of fused-ring (bicyclic) bond motifs is 1. The maximum Gasteiger partial charge on any atom is 0.160 e. The number of rotatable bonds is 3. The van der Waals surface area contributed by atoms with Gasteiger partial charge in [-0.25, -0.2) is 9.97 Å². The van der Waals surface area contributed by atoms with Crippen LogP contribution in [0.5, 0.6) is 0 Å². The highest BCUT2D eigenvalue weighted by molar-refractivity contribution is 5.23. The maximum absolute atomic E-state index is 6.14. The molecule has 4 nitrogen and oxygen atoms in total. The van der Waals surface area contributed by atoms with Crippen LogP contribution in [0.2, 0.25) is 0 Å². The van der Waals surface area contributed by atoms with E-state index in [0.717, 1.165) is 44.1 Å². The van der Waals surface area contributed by atoms with Gasteiger partial charge < -0.3 is 10.1 Å². The third-order valence-corrected chi connectivity index (χ3v) is 4.35.